The van der Waals surface area contributed by atoms with Crippen molar-refractivity contribution in [2.24, 2.45) is 0 Å². The van der Waals surface area contributed by atoms with Gasteiger partial charge in [-0.05, 0) is 58.4 Å². The molecule has 0 radical (unpaired) electrons. The highest BCUT2D eigenvalue weighted by Gasteiger charge is 2.19. The second-order valence-electron chi connectivity index (χ2n) is 6.21. The van der Waals surface area contributed by atoms with E-state index in [1.54, 1.807) is 0 Å². The van der Waals surface area contributed by atoms with E-state index in [9.17, 15) is 5.11 Å². The molecule has 0 aliphatic heterocycles. The van der Waals surface area contributed by atoms with Gasteiger partial charge in [0.15, 0.2) is 0 Å². The van der Waals surface area contributed by atoms with Crippen molar-refractivity contribution in [3.05, 3.63) is 28.8 Å². The van der Waals surface area contributed by atoms with Crippen LogP contribution < -0.4 is 10.2 Å². The van der Waals surface area contributed by atoms with Gasteiger partial charge in [0.05, 0.1) is 16.3 Å². The van der Waals surface area contributed by atoms with Crippen molar-refractivity contribution in [3.8, 4) is 0 Å². The molecule has 0 saturated heterocycles. The summed E-state index contributed by atoms with van der Waals surface area (Å²) >= 11 is 6.46. The summed E-state index contributed by atoms with van der Waals surface area (Å²) < 4.78 is 0. The summed E-state index contributed by atoms with van der Waals surface area (Å²) in [6.07, 6.45) is 1.12. The molecule has 2 N–H and O–H groups in total. The Morgan fingerprint density at radius 3 is 2.48 bits per heavy atom. The van der Waals surface area contributed by atoms with Gasteiger partial charge in [0.2, 0.25) is 0 Å². The number of nitrogens with zero attached hydrogens (tertiary/aromatic N) is 1. The number of nitrogens with one attached hydrogen (secondary N) is 1. The van der Waals surface area contributed by atoms with E-state index in [0.29, 0.717) is 12.6 Å². The van der Waals surface area contributed by atoms with E-state index in [2.05, 4.69) is 43.1 Å². The van der Waals surface area contributed by atoms with Crippen molar-refractivity contribution >= 4 is 17.3 Å². The number of rotatable bonds is 8. The summed E-state index contributed by atoms with van der Waals surface area (Å²) in [5.74, 6) is 0. The second kappa shape index (κ2) is 8.02. The SMILES string of the molecule is CCCNC(C)c1ccc(N(CC)CC(C)(C)O)c(Cl)c1. The lowest BCUT2D eigenvalue weighted by Crippen LogP contribution is -2.38. The Bertz CT molecular complexity index is 443. The van der Waals surface area contributed by atoms with Crippen molar-refractivity contribution < 1.29 is 5.11 Å². The second-order valence-corrected chi connectivity index (χ2v) is 6.62. The van der Waals surface area contributed by atoms with Crippen LogP contribution in [0.15, 0.2) is 18.2 Å². The molecule has 1 unspecified atom stereocenters. The fourth-order valence-corrected chi connectivity index (χ4v) is 2.67. The average molecular weight is 313 g/mol. The summed E-state index contributed by atoms with van der Waals surface area (Å²) in [4.78, 5) is 2.11. The van der Waals surface area contributed by atoms with E-state index in [1.165, 1.54) is 5.56 Å². The van der Waals surface area contributed by atoms with Crippen LogP contribution in [0.1, 0.15) is 52.6 Å². The van der Waals surface area contributed by atoms with Gasteiger partial charge in [-0.1, -0.05) is 24.6 Å². The molecule has 1 rings (SSSR count). The van der Waals surface area contributed by atoms with Gasteiger partial charge in [-0.25, -0.2) is 0 Å². The van der Waals surface area contributed by atoms with Crippen LogP contribution >= 0.6 is 11.6 Å². The van der Waals surface area contributed by atoms with Crippen LogP contribution in [0, 0.1) is 0 Å². The van der Waals surface area contributed by atoms with Crippen LogP contribution in [0.4, 0.5) is 5.69 Å². The molecule has 1 atom stereocenters. The molecular formula is C17H29ClN2O. The molecule has 4 heteroatoms. The standard InChI is InChI=1S/C17H29ClN2O/c1-6-10-19-13(3)14-8-9-16(15(18)11-14)20(7-2)12-17(4,5)21/h8-9,11,13,19,21H,6-7,10,12H2,1-5H3. The van der Waals surface area contributed by atoms with Crippen molar-refractivity contribution in [1.82, 2.24) is 5.32 Å². The number of benzene rings is 1. The first-order valence-corrected chi connectivity index (χ1v) is 8.16. The molecule has 0 saturated carbocycles. The van der Waals surface area contributed by atoms with Gasteiger partial charge in [0.1, 0.15) is 0 Å². The summed E-state index contributed by atoms with van der Waals surface area (Å²) in [5.41, 5.74) is 1.43. The van der Waals surface area contributed by atoms with E-state index in [0.717, 1.165) is 30.2 Å². The lowest BCUT2D eigenvalue weighted by molar-refractivity contribution is 0.0876. The average Bonchev–Trinajstić information content (AvgIpc) is 2.41. The van der Waals surface area contributed by atoms with Crippen LogP contribution in [0.3, 0.4) is 0 Å². The molecule has 0 aliphatic rings. The van der Waals surface area contributed by atoms with Gasteiger partial charge in [0.25, 0.3) is 0 Å². The van der Waals surface area contributed by atoms with Gasteiger partial charge in [-0.2, -0.15) is 0 Å². The van der Waals surface area contributed by atoms with E-state index < -0.39 is 5.60 Å². The highest BCUT2D eigenvalue weighted by Crippen LogP contribution is 2.30. The smallest absolute Gasteiger partial charge is 0.0765 e. The van der Waals surface area contributed by atoms with Crippen molar-refractivity contribution in [3.63, 3.8) is 0 Å². The van der Waals surface area contributed by atoms with Crippen LogP contribution in [0.25, 0.3) is 0 Å². The van der Waals surface area contributed by atoms with E-state index in [4.69, 9.17) is 11.6 Å². The van der Waals surface area contributed by atoms with Gasteiger partial charge in [0, 0.05) is 19.1 Å². The first kappa shape index (κ1) is 18.3. The largest absolute Gasteiger partial charge is 0.389 e. The summed E-state index contributed by atoms with van der Waals surface area (Å²) in [6.45, 7) is 12.4. The third kappa shape index (κ3) is 5.85. The fourth-order valence-electron chi connectivity index (χ4n) is 2.36. The maximum Gasteiger partial charge on any atom is 0.0765 e. The van der Waals surface area contributed by atoms with Gasteiger partial charge in [-0.15, -0.1) is 0 Å². The van der Waals surface area contributed by atoms with Crippen molar-refractivity contribution in [2.75, 3.05) is 24.5 Å². The molecule has 120 valence electrons. The zero-order valence-corrected chi connectivity index (χ0v) is 14.7. The fraction of sp³-hybridized carbons (Fsp3) is 0.647. The molecule has 1 aromatic carbocycles. The number of likely N-dealkylation sites (N-methyl/N-ethyl adjacent to an activating group) is 1. The van der Waals surface area contributed by atoms with Crippen LogP contribution in [0.5, 0.6) is 0 Å². The Morgan fingerprint density at radius 2 is 2.00 bits per heavy atom. The normalized spacial score (nSPS) is 13.3. The molecular weight excluding hydrogens is 284 g/mol. The lowest BCUT2D eigenvalue weighted by Gasteiger charge is -2.31. The summed E-state index contributed by atoms with van der Waals surface area (Å²) in [5, 5.41) is 14.2. The quantitative estimate of drug-likeness (QED) is 0.761. The molecule has 3 nitrogen and oxygen atoms in total. The number of halogens is 1. The van der Waals surface area contributed by atoms with Crippen LogP contribution in [-0.2, 0) is 0 Å². The third-order valence-electron chi connectivity index (χ3n) is 3.47. The monoisotopic (exact) mass is 312 g/mol. The molecule has 0 aromatic heterocycles. The Morgan fingerprint density at radius 1 is 1.33 bits per heavy atom. The first-order chi connectivity index (χ1) is 9.78. The molecule has 0 heterocycles. The Balaban J connectivity index is 2.90. The van der Waals surface area contributed by atoms with E-state index in [1.807, 2.05) is 19.9 Å². The minimum Gasteiger partial charge on any atom is -0.389 e. The Kier molecular flexibility index (Phi) is 6.98. The van der Waals surface area contributed by atoms with Crippen LogP contribution in [-0.4, -0.2) is 30.3 Å². The number of hydrogen-bond acceptors (Lipinski definition) is 3. The molecule has 0 spiro atoms. The topological polar surface area (TPSA) is 35.5 Å². The molecule has 0 aliphatic carbocycles. The number of aliphatic hydroxyl groups is 1. The van der Waals surface area contributed by atoms with E-state index in [-0.39, 0.29) is 0 Å². The first-order valence-electron chi connectivity index (χ1n) is 7.78. The van der Waals surface area contributed by atoms with Gasteiger partial charge < -0.3 is 15.3 Å². The lowest BCUT2D eigenvalue weighted by atomic mass is 10.1. The third-order valence-corrected chi connectivity index (χ3v) is 3.78. The van der Waals surface area contributed by atoms with Crippen LogP contribution in [0.2, 0.25) is 5.02 Å². The minimum atomic E-state index is -0.742. The molecule has 0 bridgehead atoms. The maximum atomic E-state index is 10.0. The minimum absolute atomic E-state index is 0.292. The van der Waals surface area contributed by atoms with Gasteiger partial charge in [-0.3, -0.25) is 0 Å². The molecule has 0 fully saturated rings. The zero-order valence-electron chi connectivity index (χ0n) is 13.9. The molecule has 1 aromatic rings. The maximum absolute atomic E-state index is 10.0. The van der Waals surface area contributed by atoms with Crippen molar-refractivity contribution in [2.45, 2.75) is 52.7 Å². The van der Waals surface area contributed by atoms with E-state index >= 15 is 0 Å². The molecule has 21 heavy (non-hydrogen) atoms. The van der Waals surface area contributed by atoms with Gasteiger partial charge >= 0.3 is 0 Å². The molecule has 0 amide bonds. The summed E-state index contributed by atoms with van der Waals surface area (Å²) in [7, 11) is 0. The number of hydrogen-bond donors (Lipinski definition) is 2. The zero-order chi connectivity index (χ0) is 16.0. The Hall–Kier alpha value is -0.770. The predicted octanol–water partition coefficient (Wildman–Crippen LogP) is 4.00. The number of anilines is 1. The predicted molar refractivity (Wildman–Crippen MR) is 92.3 cm³/mol. The summed E-state index contributed by atoms with van der Waals surface area (Å²) in [6, 6.07) is 6.48. The highest BCUT2D eigenvalue weighted by atomic mass is 35.5. The Labute approximate surface area is 134 Å². The highest BCUT2D eigenvalue weighted by molar-refractivity contribution is 6.33. The van der Waals surface area contributed by atoms with Crippen molar-refractivity contribution in [1.29, 1.82) is 0 Å².